The molecule has 6 heteroatoms. The fraction of sp³-hybridized carbons (Fsp3) is 0.882. The lowest BCUT2D eigenvalue weighted by Gasteiger charge is -2.39. The van der Waals surface area contributed by atoms with Crippen molar-refractivity contribution in [3.63, 3.8) is 0 Å². The average molecular weight is 326 g/mol. The first-order valence-electron chi connectivity index (χ1n) is 8.80. The van der Waals surface area contributed by atoms with Crippen molar-refractivity contribution in [3.8, 4) is 0 Å². The van der Waals surface area contributed by atoms with Crippen LogP contribution in [0.4, 0.5) is 4.79 Å². The lowest BCUT2D eigenvalue weighted by Crippen LogP contribution is -2.56. The molecule has 1 unspecified atom stereocenters. The molecule has 2 rings (SSSR count). The number of aliphatic hydroxyl groups excluding tert-OH is 1. The number of carbonyl (C=O) groups excluding carboxylic acids is 1. The Kier molecular flexibility index (Phi) is 5.89. The molecule has 0 spiro atoms. The SMILES string of the molecule is CC(C)CC1(CO)CCCN1C(=O)NC1CCC(C(=O)O)CC1. The monoisotopic (exact) mass is 326 g/mol. The Hall–Kier alpha value is -1.30. The highest BCUT2D eigenvalue weighted by atomic mass is 16.4. The Morgan fingerprint density at radius 1 is 1.26 bits per heavy atom. The van der Waals surface area contributed by atoms with E-state index in [-0.39, 0.29) is 24.6 Å². The molecule has 2 amide bonds. The third-order valence-electron chi connectivity index (χ3n) is 5.33. The van der Waals surface area contributed by atoms with Crippen LogP contribution in [-0.2, 0) is 4.79 Å². The lowest BCUT2D eigenvalue weighted by atomic mass is 9.86. The number of amides is 2. The zero-order valence-electron chi connectivity index (χ0n) is 14.3. The number of likely N-dealkylation sites (tertiary alicyclic amines) is 1. The summed E-state index contributed by atoms with van der Waals surface area (Å²) in [6.07, 6.45) is 5.25. The van der Waals surface area contributed by atoms with Gasteiger partial charge < -0.3 is 20.4 Å². The van der Waals surface area contributed by atoms with Gasteiger partial charge in [0.1, 0.15) is 0 Å². The first-order chi connectivity index (χ1) is 10.9. The number of rotatable bonds is 5. The molecular weight excluding hydrogens is 296 g/mol. The summed E-state index contributed by atoms with van der Waals surface area (Å²) in [7, 11) is 0. The fourth-order valence-corrected chi connectivity index (χ4v) is 4.19. The van der Waals surface area contributed by atoms with E-state index in [1.54, 1.807) is 0 Å². The fourth-order valence-electron chi connectivity index (χ4n) is 4.19. The van der Waals surface area contributed by atoms with Crippen molar-refractivity contribution < 1.29 is 19.8 Å². The number of nitrogens with zero attached hydrogens (tertiary/aromatic N) is 1. The molecule has 1 aliphatic heterocycles. The largest absolute Gasteiger partial charge is 0.481 e. The number of aliphatic hydroxyl groups is 1. The average Bonchev–Trinajstić information content (AvgIpc) is 2.91. The second-order valence-corrected chi connectivity index (χ2v) is 7.57. The highest BCUT2D eigenvalue weighted by molar-refractivity contribution is 5.76. The number of carboxylic acids is 1. The van der Waals surface area contributed by atoms with Gasteiger partial charge in [-0.05, 0) is 50.9 Å². The van der Waals surface area contributed by atoms with Crippen LogP contribution in [0, 0.1) is 11.8 Å². The molecule has 6 nitrogen and oxygen atoms in total. The summed E-state index contributed by atoms with van der Waals surface area (Å²) in [5.74, 6) is -0.584. The third-order valence-corrected chi connectivity index (χ3v) is 5.33. The van der Waals surface area contributed by atoms with E-state index in [2.05, 4.69) is 19.2 Å². The van der Waals surface area contributed by atoms with Gasteiger partial charge in [-0.1, -0.05) is 13.8 Å². The summed E-state index contributed by atoms with van der Waals surface area (Å²) < 4.78 is 0. The molecule has 3 N–H and O–H groups in total. The Bertz CT molecular complexity index is 432. The van der Waals surface area contributed by atoms with Crippen LogP contribution >= 0.6 is 0 Å². The molecule has 1 atom stereocenters. The lowest BCUT2D eigenvalue weighted by molar-refractivity contribution is -0.142. The standard InChI is InChI=1S/C17H30N2O4/c1-12(2)10-17(11-20)8-3-9-19(17)16(23)18-14-6-4-13(5-7-14)15(21)22/h12-14,20H,3-11H2,1-2H3,(H,18,23)(H,21,22). The van der Waals surface area contributed by atoms with Gasteiger partial charge >= 0.3 is 12.0 Å². The van der Waals surface area contributed by atoms with Gasteiger partial charge in [0.2, 0.25) is 0 Å². The van der Waals surface area contributed by atoms with Gasteiger partial charge in [-0.15, -0.1) is 0 Å². The molecule has 1 saturated heterocycles. The first kappa shape index (κ1) is 18.0. The van der Waals surface area contributed by atoms with Crippen molar-refractivity contribution in [1.82, 2.24) is 10.2 Å². The van der Waals surface area contributed by atoms with Gasteiger partial charge in [-0.25, -0.2) is 4.79 Å². The molecular formula is C17H30N2O4. The van der Waals surface area contributed by atoms with Gasteiger partial charge in [0.25, 0.3) is 0 Å². The minimum Gasteiger partial charge on any atom is -0.481 e. The van der Waals surface area contributed by atoms with Gasteiger partial charge in [0, 0.05) is 12.6 Å². The smallest absolute Gasteiger partial charge is 0.318 e. The maximum absolute atomic E-state index is 12.7. The predicted octanol–water partition coefficient (Wildman–Crippen LogP) is 2.21. The van der Waals surface area contributed by atoms with E-state index in [9.17, 15) is 14.7 Å². The van der Waals surface area contributed by atoms with E-state index in [4.69, 9.17) is 5.11 Å². The van der Waals surface area contributed by atoms with Gasteiger partial charge in [-0.2, -0.15) is 0 Å². The number of nitrogens with one attached hydrogen (secondary N) is 1. The second kappa shape index (κ2) is 7.51. The van der Waals surface area contributed by atoms with E-state index in [0.717, 1.165) is 19.3 Å². The molecule has 0 radical (unpaired) electrons. The molecule has 2 fully saturated rings. The summed E-state index contributed by atoms with van der Waals surface area (Å²) in [4.78, 5) is 25.5. The van der Waals surface area contributed by atoms with Gasteiger partial charge in [0.15, 0.2) is 0 Å². The third kappa shape index (κ3) is 4.16. The molecule has 0 aromatic rings. The Labute approximate surface area is 138 Å². The van der Waals surface area contributed by atoms with Crippen molar-refractivity contribution in [2.75, 3.05) is 13.2 Å². The zero-order chi connectivity index (χ0) is 17.0. The topological polar surface area (TPSA) is 89.9 Å². The van der Waals surface area contributed by atoms with Crippen LogP contribution in [0.1, 0.15) is 58.8 Å². The Morgan fingerprint density at radius 2 is 1.91 bits per heavy atom. The van der Waals surface area contributed by atoms with E-state index in [0.29, 0.717) is 38.1 Å². The van der Waals surface area contributed by atoms with Crippen molar-refractivity contribution in [2.45, 2.75) is 70.4 Å². The molecule has 23 heavy (non-hydrogen) atoms. The molecule has 1 heterocycles. The Morgan fingerprint density at radius 3 is 2.43 bits per heavy atom. The summed E-state index contributed by atoms with van der Waals surface area (Å²) >= 11 is 0. The summed E-state index contributed by atoms with van der Waals surface area (Å²) in [6.45, 7) is 4.91. The van der Waals surface area contributed by atoms with E-state index < -0.39 is 11.5 Å². The highest BCUT2D eigenvalue weighted by Crippen LogP contribution is 2.35. The van der Waals surface area contributed by atoms with Crippen molar-refractivity contribution >= 4 is 12.0 Å². The summed E-state index contributed by atoms with van der Waals surface area (Å²) in [5.41, 5.74) is -0.434. The van der Waals surface area contributed by atoms with Crippen LogP contribution < -0.4 is 5.32 Å². The molecule has 0 bridgehead atoms. The minimum absolute atomic E-state index is 0.00432. The van der Waals surface area contributed by atoms with Crippen LogP contribution in [0.25, 0.3) is 0 Å². The van der Waals surface area contributed by atoms with Gasteiger partial charge in [-0.3, -0.25) is 4.79 Å². The van der Waals surface area contributed by atoms with Crippen LogP contribution in [0.5, 0.6) is 0 Å². The summed E-state index contributed by atoms with van der Waals surface area (Å²) in [6, 6.07) is -0.0508. The van der Waals surface area contributed by atoms with Crippen molar-refractivity contribution in [3.05, 3.63) is 0 Å². The molecule has 1 aliphatic carbocycles. The first-order valence-corrected chi connectivity index (χ1v) is 8.80. The second-order valence-electron chi connectivity index (χ2n) is 7.57. The predicted molar refractivity (Wildman–Crippen MR) is 87.1 cm³/mol. The Balaban J connectivity index is 1.93. The van der Waals surface area contributed by atoms with Gasteiger partial charge in [0.05, 0.1) is 18.1 Å². The number of carbonyl (C=O) groups is 2. The number of carboxylic acid groups (broad SMARTS) is 1. The number of urea groups is 1. The number of aliphatic carboxylic acids is 1. The van der Waals surface area contributed by atoms with Crippen LogP contribution in [0.3, 0.4) is 0 Å². The van der Waals surface area contributed by atoms with Crippen LogP contribution in [0.2, 0.25) is 0 Å². The van der Waals surface area contributed by atoms with Crippen LogP contribution in [-0.4, -0.2) is 51.8 Å². The van der Waals surface area contributed by atoms with Crippen LogP contribution in [0.15, 0.2) is 0 Å². The molecule has 1 saturated carbocycles. The summed E-state index contributed by atoms with van der Waals surface area (Å²) in [5, 5.41) is 22.0. The maximum atomic E-state index is 12.7. The maximum Gasteiger partial charge on any atom is 0.318 e. The normalized spacial score (nSPS) is 31.4. The molecule has 132 valence electrons. The highest BCUT2D eigenvalue weighted by Gasteiger charge is 2.44. The van der Waals surface area contributed by atoms with Crippen molar-refractivity contribution in [1.29, 1.82) is 0 Å². The van der Waals surface area contributed by atoms with E-state index in [1.807, 2.05) is 4.90 Å². The molecule has 2 aliphatic rings. The zero-order valence-corrected chi connectivity index (χ0v) is 14.3. The number of hydrogen-bond donors (Lipinski definition) is 3. The van der Waals surface area contributed by atoms with E-state index in [1.165, 1.54) is 0 Å². The molecule has 0 aromatic carbocycles. The minimum atomic E-state index is -0.731. The van der Waals surface area contributed by atoms with E-state index >= 15 is 0 Å². The van der Waals surface area contributed by atoms with Crippen molar-refractivity contribution in [2.24, 2.45) is 11.8 Å². The number of hydrogen-bond acceptors (Lipinski definition) is 3. The quantitative estimate of drug-likeness (QED) is 0.722. The molecule has 0 aromatic heterocycles.